The third-order valence-electron chi connectivity index (χ3n) is 4.01. The molecule has 0 radical (unpaired) electrons. The summed E-state index contributed by atoms with van der Waals surface area (Å²) in [5.41, 5.74) is 13.4. The van der Waals surface area contributed by atoms with Gasteiger partial charge < -0.3 is 16.4 Å². The second-order valence-corrected chi connectivity index (χ2v) is 5.40. The van der Waals surface area contributed by atoms with Gasteiger partial charge in [0.25, 0.3) is 5.91 Å². The molecule has 0 unspecified atom stereocenters. The first-order chi connectivity index (χ1) is 9.15. The first-order valence-corrected chi connectivity index (χ1v) is 6.83. The minimum Gasteiger partial charge on any atom is -0.399 e. The molecule has 1 saturated carbocycles. The van der Waals surface area contributed by atoms with Crippen LogP contribution in [0.3, 0.4) is 0 Å². The van der Waals surface area contributed by atoms with Gasteiger partial charge in [0.2, 0.25) is 0 Å². The molecule has 2 aliphatic rings. The zero-order valence-electron chi connectivity index (χ0n) is 11.0. The van der Waals surface area contributed by atoms with Crippen molar-refractivity contribution in [1.29, 1.82) is 0 Å². The summed E-state index contributed by atoms with van der Waals surface area (Å²) in [7, 11) is 0. The van der Waals surface area contributed by atoms with Gasteiger partial charge in [0, 0.05) is 37.9 Å². The molecular weight excluding hydrogens is 240 g/mol. The minimum absolute atomic E-state index is 0.389. The van der Waals surface area contributed by atoms with Crippen molar-refractivity contribution in [2.24, 2.45) is 5.73 Å². The van der Waals surface area contributed by atoms with E-state index >= 15 is 0 Å². The van der Waals surface area contributed by atoms with Crippen LogP contribution in [0.2, 0.25) is 0 Å². The predicted molar refractivity (Wildman–Crippen MR) is 76.2 cm³/mol. The molecule has 3 rings (SSSR count). The minimum atomic E-state index is -0.389. The SMILES string of the molecule is NC(=O)c1ccc(N)cc1N1CCN(C2CC2)CC1. The summed E-state index contributed by atoms with van der Waals surface area (Å²) in [6.45, 7) is 3.97. The van der Waals surface area contributed by atoms with Gasteiger partial charge in [-0.1, -0.05) is 0 Å². The largest absolute Gasteiger partial charge is 0.399 e. The molecule has 102 valence electrons. The standard InChI is InChI=1S/C14H20N4O/c15-10-1-4-12(14(16)19)13(9-10)18-7-5-17(6-8-18)11-2-3-11/h1,4,9,11H,2-3,5-8,15H2,(H2,16,19). The molecule has 0 aromatic heterocycles. The van der Waals surface area contributed by atoms with Gasteiger partial charge in [0.1, 0.15) is 0 Å². The van der Waals surface area contributed by atoms with Crippen molar-refractivity contribution in [3.05, 3.63) is 23.8 Å². The molecule has 0 spiro atoms. The first-order valence-electron chi connectivity index (χ1n) is 6.83. The lowest BCUT2D eigenvalue weighted by Crippen LogP contribution is -2.47. The Labute approximate surface area is 113 Å². The Balaban J connectivity index is 1.78. The van der Waals surface area contributed by atoms with Crippen LogP contribution in [0.5, 0.6) is 0 Å². The number of nitrogens with two attached hydrogens (primary N) is 2. The molecule has 2 fully saturated rings. The van der Waals surface area contributed by atoms with Gasteiger partial charge in [-0.15, -0.1) is 0 Å². The highest BCUT2D eigenvalue weighted by Crippen LogP contribution is 2.30. The molecule has 1 aliphatic carbocycles. The fourth-order valence-electron chi connectivity index (χ4n) is 2.79. The van der Waals surface area contributed by atoms with Crippen LogP contribution in [0.25, 0.3) is 0 Å². The maximum atomic E-state index is 11.5. The molecule has 1 saturated heterocycles. The lowest BCUT2D eigenvalue weighted by Gasteiger charge is -2.37. The van der Waals surface area contributed by atoms with E-state index < -0.39 is 0 Å². The van der Waals surface area contributed by atoms with Crippen molar-refractivity contribution in [2.45, 2.75) is 18.9 Å². The number of nitrogen functional groups attached to an aromatic ring is 1. The first kappa shape index (κ1) is 12.3. The molecule has 1 aliphatic heterocycles. The summed E-state index contributed by atoms with van der Waals surface area (Å²) in [5.74, 6) is -0.389. The molecule has 1 amide bonds. The summed E-state index contributed by atoms with van der Waals surface area (Å²) in [4.78, 5) is 16.3. The number of rotatable bonds is 3. The van der Waals surface area contributed by atoms with Crippen molar-refractivity contribution >= 4 is 17.3 Å². The molecule has 19 heavy (non-hydrogen) atoms. The fourth-order valence-corrected chi connectivity index (χ4v) is 2.79. The molecule has 1 aromatic rings. The monoisotopic (exact) mass is 260 g/mol. The number of hydrogen-bond donors (Lipinski definition) is 2. The van der Waals surface area contributed by atoms with Gasteiger partial charge in [-0.2, -0.15) is 0 Å². The van der Waals surface area contributed by atoms with E-state index in [1.54, 1.807) is 12.1 Å². The van der Waals surface area contributed by atoms with Crippen molar-refractivity contribution in [3.8, 4) is 0 Å². The third kappa shape index (κ3) is 2.51. The Kier molecular flexibility index (Phi) is 3.06. The van der Waals surface area contributed by atoms with Gasteiger partial charge in [0.05, 0.1) is 11.3 Å². The molecule has 5 nitrogen and oxygen atoms in total. The molecule has 5 heteroatoms. The number of nitrogens with zero attached hydrogens (tertiary/aromatic N) is 2. The van der Waals surface area contributed by atoms with E-state index in [-0.39, 0.29) is 5.91 Å². The van der Waals surface area contributed by atoms with E-state index in [2.05, 4.69) is 9.80 Å². The number of benzene rings is 1. The Hall–Kier alpha value is -1.75. The quantitative estimate of drug-likeness (QED) is 0.783. The van der Waals surface area contributed by atoms with Crippen LogP contribution in [0.15, 0.2) is 18.2 Å². The van der Waals surface area contributed by atoms with E-state index in [0.29, 0.717) is 11.3 Å². The van der Waals surface area contributed by atoms with E-state index in [9.17, 15) is 4.79 Å². The highest BCUT2D eigenvalue weighted by molar-refractivity contribution is 5.99. The lowest BCUT2D eigenvalue weighted by atomic mass is 10.1. The van der Waals surface area contributed by atoms with Crippen LogP contribution in [-0.2, 0) is 0 Å². The van der Waals surface area contributed by atoms with Gasteiger partial charge in [-0.05, 0) is 31.0 Å². The van der Waals surface area contributed by atoms with E-state index in [4.69, 9.17) is 11.5 Å². The number of amides is 1. The Morgan fingerprint density at radius 2 is 1.84 bits per heavy atom. The van der Waals surface area contributed by atoms with Crippen LogP contribution >= 0.6 is 0 Å². The van der Waals surface area contributed by atoms with Gasteiger partial charge in [-0.25, -0.2) is 0 Å². The molecule has 4 N–H and O–H groups in total. The van der Waals surface area contributed by atoms with Crippen LogP contribution in [-0.4, -0.2) is 43.0 Å². The van der Waals surface area contributed by atoms with Crippen LogP contribution in [0.4, 0.5) is 11.4 Å². The topological polar surface area (TPSA) is 75.6 Å². The average Bonchev–Trinajstić information content (AvgIpc) is 3.23. The number of carbonyl (C=O) groups is 1. The van der Waals surface area contributed by atoms with Crippen molar-refractivity contribution < 1.29 is 4.79 Å². The normalized spacial score (nSPS) is 20.5. The Bertz CT molecular complexity index is 490. The van der Waals surface area contributed by atoms with Crippen molar-refractivity contribution in [3.63, 3.8) is 0 Å². The summed E-state index contributed by atoms with van der Waals surface area (Å²) in [5, 5.41) is 0. The van der Waals surface area contributed by atoms with Crippen molar-refractivity contribution in [2.75, 3.05) is 36.8 Å². The van der Waals surface area contributed by atoms with Gasteiger partial charge >= 0.3 is 0 Å². The molecular formula is C14H20N4O. The Morgan fingerprint density at radius 3 is 2.42 bits per heavy atom. The maximum Gasteiger partial charge on any atom is 0.250 e. The summed E-state index contributed by atoms with van der Waals surface area (Å²) in [6.07, 6.45) is 2.68. The zero-order chi connectivity index (χ0) is 13.4. The second-order valence-electron chi connectivity index (χ2n) is 5.40. The number of carbonyl (C=O) groups excluding carboxylic acids is 1. The Morgan fingerprint density at radius 1 is 1.16 bits per heavy atom. The number of anilines is 2. The summed E-state index contributed by atoms with van der Waals surface area (Å²) >= 11 is 0. The van der Waals surface area contributed by atoms with Crippen LogP contribution in [0, 0.1) is 0 Å². The van der Waals surface area contributed by atoms with E-state index in [1.807, 2.05) is 6.07 Å². The maximum absolute atomic E-state index is 11.5. The third-order valence-corrected chi connectivity index (χ3v) is 4.01. The van der Waals surface area contributed by atoms with Crippen molar-refractivity contribution in [1.82, 2.24) is 4.90 Å². The van der Waals surface area contributed by atoms with Crippen LogP contribution in [0.1, 0.15) is 23.2 Å². The van der Waals surface area contributed by atoms with Gasteiger partial charge in [-0.3, -0.25) is 9.69 Å². The second kappa shape index (κ2) is 4.74. The summed E-state index contributed by atoms with van der Waals surface area (Å²) in [6, 6.07) is 6.11. The highest BCUT2D eigenvalue weighted by atomic mass is 16.1. The molecule has 0 atom stereocenters. The number of hydrogen-bond acceptors (Lipinski definition) is 4. The van der Waals surface area contributed by atoms with E-state index in [1.165, 1.54) is 12.8 Å². The van der Waals surface area contributed by atoms with Gasteiger partial charge in [0.15, 0.2) is 0 Å². The zero-order valence-corrected chi connectivity index (χ0v) is 11.0. The van der Waals surface area contributed by atoms with E-state index in [0.717, 1.165) is 37.9 Å². The fraction of sp³-hybridized carbons (Fsp3) is 0.500. The lowest BCUT2D eigenvalue weighted by molar-refractivity contribution is 0.100. The number of primary amides is 1. The number of piperazine rings is 1. The summed E-state index contributed by atoms with van der Waals surface area (Å²) < 4.78 is 0. The highest BCUT2D eigenvalue weighted by Gasteiger charge is 2.31. The molecule has 1 heterocycles. The molecule has 0 bridgehead atoms. The molecule has 1 aromatic carbocycles. The van der Waals surface area contributed by atoms with Crippen LogP contribution < -0.4 is 16.4 Å². The predicted octanol–water partition coefficient (Wildman–Crippen LogP) is 0.652. The average molecular weight is 260 g/mol. The smallest absolute Gasteiger partial charge is 0.250 e.